The van der Waals surface area contributed by atoms with Crippen molar-refractivity contribution < 1.29 is 9.53 Å². The molecule has 28 heavy (non-hydrogen) atoms. The maximum absolute atomic E-state index is 12.9. The summed E-state index contributed by atoms with van der Waals surface area (Å²) in [4.78, 5) is 22.6. The van der Waals surface area contributed by atoms with Gasteiger partial charge in [0.25, 0.3) is 5.91 Å². The van der Waals surface area contributed by atoms with Gasteiger partial charge < -0.3 is 9.64 Å². The molecule has 0 radical (unpaired) electrons. The summed E-state index contributed by atoms with van der Waals surface area (Å²) in [6.07, 6.45) is 2.03. The molecule has 0 saturated heterocycles. The summed E-state index contributed by atoms with van der Waals surface area (Å²) in [6, 6.07) is 13.1. The molecule has 1 amide bonds. The molecule has 0 fully saturated rings. The number of thiazole rings is 1. The van der Waals surface area contributed by atoms with Crippen LogP contribution in [-0.2, 0) is 4.79 Å². The van der Waals surface area contributed by atoms with Crippen molar-refractivity contribution in [2.24, 2.45) is 0 Å². The molecule has 1 heterocycles. The highest BCUT2D eigenvalue weighted by Crippen LogP contribution is 2.34. The van der Waals surface area contributed by atoms with Crippen molar-refractivity contribution in [1.29, 1.82) is 0 Å². The summed E-state index contributed by atoms with van der Waals surface area (Å²) >= 11 is 9.08. The lowest BCUT2D eigenvalue weighted by molar-refractivity contribution is -0.120. The number of halogens is 1. The third-order valence-corrected chi connectivity index (χ3v) is 6.13. The Balaban J connectivity index is 1.81. The zero-order valence-electron chi connectivity index (χ0n) is 16.0. The summed E-state index contributed by atoms with van der Waals surface area (Å²) in [5.41, 5.74) is 0.941. The number of rotatable bonds is 8. The van der Waals surface area contributed by atoms with Crippen molar-refractivity contribution in [3.8, 4) is 5.75 Å². The fraction of sp³-hybridized carbons (Fsp3) is 0.300. The number of carbonyl (C=O) groups is 1. The number of para-hydroxylation sites is 1. The number of hydrogen-bond donors (Lipinski definition) is 0. The maximum Gasteiger partial charge on any atom is 0.266 e. The van der Waals surface area contributed by atoms with Gasteiger partial charge in [-0.25, -0.2) is 4.98 Å². The van der Waals surface area contributed by atoms with Crippen LogP contribution in [0.25, 0.3) is 10.2 Å². The molecule has 3 aromatic rings. The first kappa shape index (κ1) is 20.9. The van der Waals surface area contributed by atoms with E-state index in [2.05, 4.69) is 0 Å². The van der Waals surface area contributed by atoms with Gasteiger partial charge in [-0.3, -0.25) is 9.69 Å². The number of likely N-dealkylation sites (N-methyl/N-ethyl adjacent to an activating group) is 1. The van der Waals surface area contributed by atoms with Crippen LogP contribution >= 0.6 is 34.7 Å². The Bertz CT molecular complexity index is 944. The lowest BCUT2D eigenvalue weighted by atomic mass is 10.3. The van der Waals surface area contributed by atoms with E-state index in [9.17, 15) is 4.79 Å². The quantitative estimate of drug-likeness (QED) is 0.482. The van der Waals surface area contributed by atoms with Crippen molar-refractivity contribution in [2.75, 3.05) is 44.9 Å². The minimum absolute atomic E-state index is 0.0552. The van der Waals surface area contributed by atoms with E-state index in [1.165, 1.54) is 11.3 Å². The van der Waals surface area contributed by atoms with Crippen LogP contribution in [0.15, 0.2) is 47.4 Å². The van der Waals surface area contributed by atoms with Crippen LogP contribution in [0, 0.1) is 0 Å². The van der Waals surface area contributed by atoms with Gasteiger partial charge in [-0.1, -0.05) is 29.0 Å². The van der Waals surface area contributed by atoms with Gasteiger partial charge in [0.15, 0.2) is 11.7 Å². The normalized spacial score (nSPS) is 11.2. The number of hydrogen-bond acceptors (Lipinski definition) is 6. The van der Waals surface area contributed by atoms with Gasteiger partial charge >= 0.3 is 0 Å². The minimum atomic E-state index is -0.124. The Morgan fingerprint density at radius 1 is 1.18 bits per heavy atom. The third-order valence-electron chi connectivity index (χ3n) is 4.07. The number of anilines is 1. The van der Waals surface area contributed by atoms with Gasteiger partial charge in [-0.05, 0) is 56.7 Å². The van der Waals surface area contributed by atoms with E-state index in [4.69, 9.17) is 21.3 Å². The van der Waals surface area contributed by atoms with Crippen LogP contribution in [-0.4, -0.2) is 55.8 Å². The average molecular weight is 436 g/mol. The van der Waals surface area contributed by atoms with Crippen molar-refractivity contribution >= 4 is 56.0 Å². The average Bonchev–Trinajstić information content (AvgIpc) is 3.11. The molecular weight excluding hydrogens is 414 g/mol. The summed E-state index contributed by atoms with van der Waals surface area (Å²) in [7, 11) is 3.97. The third kappa shape index (κ3) is 5.17. The highest BCUT2D eigenvalue weighted by Gasteiger charge is 2.21. The first-order chi connectivity index (χ1) is 13.5. The van der Waals surface area contributed by atoms with Crippen LogP contribution in [0.5, 0.6) is 5.75 Å². The molecule has 8 heteroatoms. The molecule has 148 valence electrons. The number of ether oxygens (including phenoxy) is 1. The molecule has 0 N–H and O–H groups in total. The van der Waals surface area contributed by atoms with Crippen molar-refractivity contribution in [3.63, 3.8) is 0 Å². The molecule has 0 bridgehead atoms. The number of fused-ring (bicyclic) bond motifs is 1. The largest absolute Gasteiger partial charge is 0.484 e. The second-order valence-electron chi connectivity index (χ2n) is 6.39. The van der Waals surface area contributed by atoms with Gasteiger partial charge in [0, 0.05) is 23.0 Å². The first-order valence-electron chi connectivity index (χ1n) is 8.75. The molecule has 1 aromatic heterocycles. The molecule has 3 rings (SSSR count). The Hall–Kier alpha value is -1.80. The lowest BCUT2D eigenvalue weighted by Crippen LogP contribution is -2.39. The Kier molecular flexibility index (Phi) is 7.18. The maximum atomic E-state index is 12.9. The topological polar surface area (TPSA) is 45.7 Å². The number of aromatic nitrogens is 1. The Morgan fingerprint density at radius 2 is 1.93 bits per heavy atom. The van der Waals surface area contributed by atoms with Crippen molar-refractivity contribution in [2.45, 2.75) is 4.90 Å². The predicted octanol–water partition coefficient (Wildman–Crippen LogP) is 4.65. The molecule has 0 aliphatic carbocycles. The van der Waals surface area contributed by atoms with E-state index in [1.807, 2.05) is 43.5 Å². The second kappa shape index (κ2) is 9.60. The summed E-state index contributed by atoms with van der Waals surface area (Å²) in [5.74, 6) is 0.487. The molecule has 0 atom stereocenters. The first-order valence-corrected chi connectivity index (χ1v) is 11.2. The summed E-state index contributed by atoms with van der Waals surface area (Å²) in [6.45, 7) is 1.22. The molecule has 0 aliphatic heterocycles. The molecule has 2 aromatic carbocycles. The van der Waals surface area contributed by atoms with E-state index in [0.717, 1.165) is 21.7 Å². The second-order valence-corrected chi connectivity index (χ2v) is 8.69. The molecule has 0 unspecified atom stereocenters. The van der Waals surface area contributed by atoms with Crippen molar-refractivity contribution in [1.82, 2.24) is 9.88 Å². The van der Waals surface area contributed by atoms with Crippen LogP contribution in [0.4, 0.5) is 5.13 Å². The van der Waals surface area contributed by atoms with E-state index in [0.29, 0.717) is 22.4 Å². The van der Waals surface area contributed by atoms with Crippen LogP contribution in [0.3, 0.4) is 0 Å². The number of nitrogens with zero attached hydrogens (tertiary/aromatic N) is 3. The van der Waals surface area contributed by atoms with Gasteiger partial charge in [0.05, 0.1) is 10.2 Å². The fourth-order valence-corrected chi connectivity index (χ4v) is 4.36. The van der Waals surface area contributed by atoms with E-state index in [1.54, 1.807) is 40.9 Å². The van der Waals surface area contributed by atoms with Crippen LogP contribution in [0.2, 0.25) is 5.02 Å². The number of carbonyl (C=O) groups excluding carboxylic acids is 1. The van der Waals surface area contributed by atoms with E-state index < -0.39 is 0 Å². The van der Waals surface area contributed by atoms with Crippen LogP contribution < -0.4 is 9.64 Å². The standard InChI is InChI=1S/C20H22ClN3O2S2/c1-23(2)11-12-24(18(25)13-26-15-9-7-14(21)8-10-15)20-22-19-16(27-3)5-4-6-17(19)28-20/h4-10H,11-13H2,1-3H3. The molecule has 0 aliphatic rings. The monoisotopic (exact) mass is 435 g/mol. The Labute approximate surface area is 178 Å². The smallest absolute Gasteiger partial charge is 0.266 e. The van der Waals surface area contributed by atoms with E-state index >= 15 is 0 Å². The molecule has 0 saturated carbocycles. The fourth-order valence-electron chi connectivity index (χ4n) is 2.57. The lowest BCUT2D eigenvalue weighted by Gasteiger charge is -2.22. The molecular formula is C20H22ClN3O2S2. The minimum Gasteiger partial charge on any atom is -0.484 e. The zero-order chi connectivity index (χ0) is 20.1. The molecule has 0 spiro atoms. The SMILES string of the molecule is CSc1cccc2sc(N(CCN(C)C)C(=O)COc3ccc(Cl)cc3)nc12. The molecule has 5 nitrogen and oxygen atoms in total. The highest BCUT2D eigenvalue weighted by atomic mass is 35.5. The predicted molar refractivity (Wildman–Crippen MR) is 119 cm³/mol. The van der Waals surface area contributed by atoms with Crippen LogP contribution in [0.1, 0.15) is 0 Å². The van der Waals surface area contributed by atoms with Gasteiger partial charge in [-0.15, -0.1) is 11.8 Å². The van der Waals surface area contributed by atoms with Gasteiger partial charge in [0.2, 0.25) is 0 Å². The highest BCUT2D eigenvalue weighted by molar-refractivity contribution is 7.98. The number of amides is 1. The zero-order valence-corrected chi connectivity index (χ0v) is 18.4. The van der Waals surface area contributed by atoms with Gasteiger partial charge in [0.1, 0.15) is 5.75 Å². The number of benzene rings is 2. The summed E-state index contributed by atoms with van der Waals surface area (Å²) < 4.78 is 6.73. The van der Waals surface area contributed by atoms with E-state index in [-0.39, 0.29) is 12.5 Å². The van der Waals surface area contributed by atoms with Gasteiger partial charge in [-0.2, -0.15) is 0 Å². The number of thioether (sulfide) groups is 1. The van der Waals surface area contributed by atoms with Crippen molar-refractivity contribution in [3.05, 3.63) is 47.5 Å². The Morgan fingerprint density at radius 3 is 2.61 bits per heavy atom. The summed E-state index contributed by atoms with van der Waals surface area (Å²) in [5, 5.41) is 1.33.